The molecule has 0 spiro atoms. The normalized spacial score (nSPS) is 10.1. The number of nitro groups is 1. The molecule has 0 aliphatic carbocycles. The van der Waals surface area contributed by atoms with E-state index in [2.05, 4.69) is 31.9 Å². The van der Waals surface area contributed by atoms with E-state index in [1.807, 2.05) is 0 Å². The molecule has 0 heterocycles. The molecule has 0 unspecified atom stereocenters. The van der Waals surface area contributed by atoms with Gasteiger partial charge in [-0.25, -0.2) is 4.79 Å². The summed E-state index contributed by atoms with van der Waals surface area (Å²) in [5, 5.41) is 11.1. The van der Waals surface area contributed by atoms with E-state index in [4.69, 9.17) is 4.74 Å². The van der Waals surface area contributed by atoms with Crippen molar-refractivity contribution in [2.45, 2.75) is 12.3 Å². The first kappa shape index (κ1) is 14.1. The molecule has 17 heavy (non-hydrogen) atoms. The van der Waals surface area contributed by atoms with Gasteiger partial charge in [0.05, 0.1) is 17.1 Å². The van der Waals surface area contributed by atoms with Gasteiger partial charge in [0.25, 0.3) is 5.69 Å². The number of hydrogen-bond acceptors (Lipinski definition) is 4. The van der Waals surface area contributed by atoms with E-state index < -0.39 is 10.9 Å². The lowest BCUT2D eigenvalue weighted by Crippen LogP contribution is -2.07. The number of hydrogen-bond donors (Lipinski definition) is 0. The molecule has 0 fully saturated rings. The molecule has 0 atom stereocenters. The van der Waals surface area contributed by atoms with E-state index in [9.17, 15) is 14.9 Å². The van der Waals surface area contributed by atoms with Crippen LogP contribution in [0.25, 0.3) is 0 Å². The molecule has 0 aliphatic heterocycles. The first-order chi connectivity index (χ1) is 8.01. The minimum atomic E-state index is -0.503. The molecule has 7 heteroatoms. The quantitative estimate of drug-likeness (QED) is 0.354. The van der Waals surface area contributed by atoms with Gasteiger partial charge in [0.1, 0.15) is 0 Å². The molecule has 0 aliphatic rings. The van der Waals surface area contributed by atoms with Crippen LogP contribution in [-0.2, 0) is 10.1 Å². The molecule has 0 N–H and O–H groups in total. The van der Waals surface area contributed by atoms with Crippen LogP contribution in [0, 0.1) is 10.1 Å². The molecule has 1 aromatic rings. The van der Waals surface area contributed by atoms with Gasteiger partial charge in [-0.05, 0) is 28.9 Å². The van der Waals surface area contributed by atoms with Crippen molar-refractivity contribution in [2.75, 3.05) is 6.61 Å². The number of esters is 1. The number of alkyl halides is 1. The van der Waals surface area contributed by atoms with Crippen LogP contribution >= 0.6 is 31.9 Å². The number of halogens is 2. The molecule has 0 saturated carbocycles. The molecule has 92 valence electrons. The van der Waals surface area contributed by atoms with Gasteiger partial charge in [0.2, 0.25) is 0 Å². The summed E-state index contributed by atoms with van der Waals surface area (Å²) in [4.78, 5) is 21.9. The van der Waals surface area contributed by atoms with Gasteiger partial charge in [0.15, 0.2) is 0 Å². The van der Waals surface area contributed by atoms with Crippen molar-refractivity contribution in [3.05, 3.63) is 37.8 Å². The van der Waals surface area contributed by atoms with Gasteiger partial charge < -0.3 is 4.74 Å². The Morgan fingerprint density at radius 1 is 1.53 bits per heavy atom. The average molecular weight is 367 g/mol. The smallest absolute Gasteiger partial charge is 0.339 e. The maximum Gasteiger partial charge on any atom is 0.339 e. The number of rotatable bonds is 4. The minimum absolute atomic E-state index is 0.0400. The predicted octanol–water partition coefficient (Wildman–Crippen LogP) is 3.43. The molecule has 0 bridgehead atoms. The van der Waals surface area contributed by atoms with Crippen molar-refractivity contribution in [1.29, 1.82) is 0 Å². The second-order valence-corrected chi connectivity index (χ2v) is 4.49. The fourth-order valence-electron chi connectivity index (χ4n) is 1.25. The predicted molar refractivity (Wildman–Crippen MR) is 69.4 cm³/mol. The first-order valence-corrected chi connectivity index (χ1v) is 6.62. The van der Waals surface area contributed by atoms with Gasteiger partial charge in [-0.2, -0.15) is 0 Å². The highest BCUT2D eigenvalue weighted by Crippen LogP contribution is 2.29. The SMILES string of the molecule is CCOC(=O)c1cc(CBr)c([N+](=O)[O-])cc1Br. The highest BCUT2D eigenvalue weighted by atomic mass is 79.9. The minimum Gasteiger partial charge on any atom is -0.462 e. The van der Waals surface area contributed by atoms with E-state index in [1.54, 1.807) is 6.92 Å². The second kappa shape index (κ2) is 6.11. The monoisotopic (exact) mass is 365 g/mol. The lowest BCUT2D eigenvalue weighted by Gasteiger charge is -2.06. The van der Waals surface area contributed by atoms with E-state index in [1.165, 1.54) is 12.1 Å². The summed E-state index contributed by atoms with van der Waals surface area (Å²) in [6, 6.07) is 2.76. The largest absolute Gasteiger partial charge is 0.462 e. The molecule has 0 radical (unpaired) electrons. The molecule has 0 aromatic heterocycles. The van der Waals surface area contributed by atoms with Crippen LogP contribution in [0.1, 0.15) is 22.8 Å². The third-order valence-corrected chi connectivity index (χ3v) is 3.26. The van der Waals surface area contributed by atoms with Crippen LogP contribution in [-0.4, -0.2) is 17.5 Å². The highest BCUT2D eigenvalue weighted by molar-refractivity contribution is 9.10. The number of carbonyl (C=O) groups is 1. The van der Waals surface area contributed by atoms with Crippen molar-refractivity contribution in [2.24, 2.45) is 0 Å². The standard InChI is InChI=1S/C10H9Br2NO4/c1-2-17-10(14)7-3-6(5-11)9(13(15)16)4-8(7)12/h3-4H,2,5H2,1H3. The van der Waals surface area contributed by atoms with E-state index >= 15 is 0 Å². The zero-order valence-corrected chi connectivity index (χ0v) is 12.1. The van der Waals surface area contributed by atoms with Crippen molar-refractivity contribution < 1.29 is 14.5 Å². The number of nitrogens with zero attached hydrogens (tertiary/aromatic N) is 1. The van der Waals surface area contributed by atoms with Crippen molar-refractivity contribution in [3.63, 3.8) is 0 Å². The van der Waals surface area contributed by atoms with Gasteiger partial charge in [-0.3, -0.25) is 10.1 Å². The fraction of sp³-hybridized carbons (Fsp3) is 0.300. The Hall–Kier alpha value is -0.950. The number of benzene rings is 1. The first-order valence-electron chi connectivity index (χ1n) is 4.71. The lowest BCUT2D eigenvalue weighted by molar-refractivity contribution is -0.385. The summed E-state index contributed by atoms with van der Waals surface area (Å²) in [6.45, 7) is 1.95. The average Bonchev–Trinajstić information content (AvgIpc) is 2.28. The van der Waals surface area contributed by atoms with E-state index in [-0.39, 0.29) is 17.9 Å². The summed E-state index contributed by atoms with van der Waals surface area (Å²) >= 11 is 6.28. The van der Waals surface area contributed by atoms with Gasteiger partial charge in [-0.1, -0.05) is 15.9 Å². The second-order valence-electron chi connectivity index (χ2n) is 3.07. The number of nitro benzene ring substituents is 1. The molecule has 0 amide bonds. The van der Waals surface area contributed by atoms with Crippen LogP contribution in [0.2, 0.25) is 0 Å². The van der Waals surface area contributed by atoms with Crippen molar-refractivity contribution in [3.8, 4) is 0 Å². The Balaban J connectivity index is 3.27. The summed E-state index contributed by atoms with van der Waals surface area (Å²) in [6.07, 6.45) is 0. The van der Waals surface area contributed by atoms with Crippen molar-refractivity contribution in [1.82, 2.24) is 0 Å². The van der Waals surface area contributed by atoms with E-state index in [0.717, 1.165) is 0 Å². The van der Waals surface area contributed by atoms with Crippen LogP contribution in [0.15, 0.2) is 16.6 Å². The third-order valence-electron chi connectivity index (χ3n) is 2.00. The zero-order valence-electron chi connectivity index (χ0n) is 8.91. The maximum atomic E-state index is 11.6. The maximum absolute atomic E-state index is 11.6. The van der Waals surface area contributed by atoms with Crippen molar-refractivity contribution >= 4 is 43.5 Å². The van der Waals surface area contributed by atoms with Gasteiger partial charge in [-0.15, -0.1) is 0 Å². The fourth-order valence-corrected chi connectivity index (χ4v) is 2.19. The van der Waals surface area contributed by atoms with Gasteiger partial charge >= 0.3 is 5.97 Å². The molecule has 5 nitrogen and oxygen atoms in total. The third kappa shape index (κ3) is 3.26. The van der Waals surface area contributed by atoms with Crippen LogP contribution in [0.4, 0.5) is 5.69 Å². The van der Waals surface area contributed by atoms with E-state index in [0.29, 0.717) is 15.4 Å². The molecular formula is C10H9Br2NO4. The Morgan fingerprint density at radius 3 is 2.65 bits per heavy atom. The zero-order chi connectivity index (χ0) is 13.0. The summed E-state index contributed by atoms with van der Waals surface area (Å²) in [5.74, 6) is -0.503. The molecule has 1 aromatic carbocycles. The summed E-state index contributed by atoms with van der Waals surface area (Å²) < 4.78 is 5.21. The molecule has 0 saturated heterocycles. The van der Waals surface area contributed by atoms with Gasteiger partial charge in [0, 0.05) is 21.4 Å². The number of carbonyl (C=O) groups excluding carboxylic acids is 1. The highest BCUT2D eigenvalue weighted by Gasteiger charge is 2.20. The van der Waals surface area contributed by atoms with Crippen LogP contribution in [0.5, 0.6) is 0 Å². The lowest BCUT2D eigenvalue weighted by atomic mass is 10.1. The Morgan fingerprint density at radius 2 is 2.18 bits per heavy atom. The topological polar surface area (TPSA) is 69.4 Å². The molecular weight excluding hydrogens is 358 g/mol. The Labute approximate surface area is 115 Å². The summed E-state index contributed by atoms with van der Waals surface area (Å²) in [7, 11) is 0. The Bertz CT molecular complexity index is 462. The Kier molecular flexibility index (Phi) is 5.07. The van der Waals surface area contributed by atoms with Crippen LogP contribution < -0.4 is 0 Å². The number of ether oxygens (including phenoxy) is 1. The van der Waals surface area contributed by atoms with Crippen LogP contribution in [0.3, 0.4) is 0 Å². The summed E-state index contributed by atoms with van der Waals surface area (Å²) in [5.41, 5.74) is 0.676. The molecule has 1 rings (SSSR count).